The molecule has 5 rings (SSSR count). The van der Waals surface area contributed by atoms with Crippen molar-refractivity contribution in [2.24, 2.45) is 0 Å². The van der Waals surface area contributed by atoms with Crippen LogP contribution in [0.15, 0.2) is 59.6 Å². The second-order valence-electron chi connectivity index (χ2n) is 6.94. The van der Waals surface area contributed by atoms with Crippen LogP contribution >= 0.6 is 11.3 Å². The van der Waals surface area contributed by atoms with Gasteiger partial charge in [-0.1, -0.05) is 18.2 Å². The molecule has 1 saturated heterocycles. The van der Waals surface area contributed by atoms with E-state index in [9.17, 15) is 4.79 Å². The van der Waals surface area contributed by atoms with E-state index in [2.05, 4.69) is 14.9 Å². The van der Waals surface area contributed by atoms with Gasteiger partial charge in [-0.2, -0.15) is 0 Å². The minimum atomic E-state index is 0.102. The van der Waals surface area contributed by atoms with Gasteiger partial charge in [0.25, 0.3) is 0 Å². The van der Waals surface area contributed by atoms with Crippen molar-refractivity contribution in [3.8, 4) is 11.5 Å². The summed E-state index contributed by atoms with van der Waals surface area (Å²) >= 11 is 1.53. The van der Waals surface area contributed by atoms with Crippen molar-refractivity contribution >= 4 is 34.1 Å². The molecule has 1 aromatic carbocycles. The van der Waals surface area contributed by atoms with Crippen molar-refractivity contribution in [2.75, 3.05) is 31.1 Å². The fourth-order valence-electron chi connectivity index (χ4n) is 3.72. The molecule has 1 aliphatic heterocycles. The van der Waals surface area contributed by atoms with E-state index >= 15 is 0 Å². The maximum Gasteiger partial charge on any atom is 0.242 e. The van der Waals surface area contributed by atoms with E-state index in [0.29, 0.717) is 13.1 Å². The molecule has 0 radical (unpaired) electrons. The summed E-state index contributed by atoms with van der Waals surface area (Å²) in [6, 6.07) is 13.8. The standard InChI is InChI=1S/C21H20N6OS/c28-20(26-11-9-25(10-12-26)19-7-3-4-8-22-19)13-27-18-6-2-1-5-16(18)24-21(27)17-14-29-15-23-17/h1-8,14-15H,9-13H2. The monoisotopic (exact) mass is 404 g/mol. The Morgan fingerprint density at radius 3 is 2.59 bits per heavy atom. The van der Waals surface area contributed by atoms with Crippen LogP contribution in [0, 0.1) is 0 Å². The van der Waals surface area contributed by atoms with E-state index in [1.807, 2.05) is 57.3 Å². The number of imidazole rings is 1. The summed E-state index contributed by atoms with van der Waals surface area (Å²) in [6.45, 7) is 3.21. The number of para-hydroxylation sites is 2. The van der Waals surface area contributed by atoms with E-state index in [1.54, 1.807) is 11.7 Å². The Labute approximate surface area is 172 Å². The number of amides is 1. The molecule has 3 aromatic heterocycles. The highest BCUT2D eigenvalue weighted by molar-refractivity contribution is 7.07. The molecule has 4 heterocycles. The maximum absolute atomic E-state index is 13.1. The Morgan fingerprint density at radius 1 is 1.00 bits per heavy atom. The predicted octanol–water partition coefficient (Wildman–Crippen LogP) is 2.90. The summed E-state index contributed by atoms with van der Waals surface area (Å²) < 4.78 is 1.98. The van der Waals surface area contributed by atoms with Crippen LogP contribution in [-0.2, 0) is 11.3 Å². The molecular formula is C21H20N6OS. The van der Waals surface area contributed by atoms with E-state index in [1.165, 1.54) is 11.3 Å². The van der Waals surface area contributed by atoms with Crippen LogP contribution in [0.3, 0.4) is 0 Å². The van der Waals surface area contributed by atoms with Gasteiger partial charge in [-0.25, -0.2) is 15.0 Å². The number of pyridine rings is 1. The molecule has 4 aromatic rings. The number of rotatable bonds is 4. The van der Waals surface area contributed by atoms with Crippen molar-refractivity contribution in [1.29, 1.82) is 0 Å². The summed E-state index contributed by atoms with van der Waals surface area (Å²) in [7, 11) is 0. The average molecular weight is 404 g/mol. The smallest absolute Gasteiger partial charge is 0.242 e. The first kappa shape index (κ1) is 17.8. The van der Waals surface area contributed by atoms with Crippen LogP contribution in [-0.4, -0.2) is 56.5 Å². The van der Waals surface area contributed by atoms with Gasteiger partial charge in [0, 0.05) is 37.8 Å². The number of hydrogen-bond acceptors (Lipinski definition) is 6. The maximum atomic E-state index is 13.1. The van der Waals surface area contributed by atoms with Gasteiger partial charge in [0.05, 0.1) is 16.5 Å². The highest BCUT2D eigenvalue weighted by Gasteiger charge is 2.24. The predicted molar refractivity (Wildman–Crippen MR) is 114 cm³/mol. The van der Waals surface area contributed by atoms with Crippen LogP contribution in [0.25, 0.3) is 22.6 Å². The topological polar surface area (TPSA) is 67.2 Å². The van der Waals surface area contributed by atoms with Crippen molar-refractivity contribution in [3.63, 3.8) is 0 Å². The summed E-state index contributed by atoms with van der Waals surface area (Å²) in [5.74, 6) is 1.81. The van der Waals surface area contributed by atoms with Gasteiger partial charge < -0.3 is 14.4 Å². The second kappa shape index (κ2) is 7.63. The van der Waals surface area contributed by atoms with Crippen LogP contribution in [0.2, 0.25) is 0 Å². The second-order valence-corrected chi connectivity index (χ2v) is 7.66. The molecule has 0 saturated carbocycles. The molecule has 0 bridgehead atoms. The van der Waals surface area contributed by atoms with Crippen molar-refractivity contribution in [2.45, 2.75) is 6.54 Å². The molecule has 7 nitrogen and oxygen atoms in total. The Balaban J connectivity index is 1.35. The molecule has 0 aliphatic carbocycles. The summed E-state index contributed by atoms with van der Waals surface area (Å²) in [4.78, 5) is 30.8. The molecule has 0 unspecified atom stereocenters. The van der Waals surface area contributed by atoms with Gasteiger partial charge >= 0.3 is 0 Å². The zero-order chi connectivity index (χ0) is 19.6. The number of hydrogen-bond donors (Lipinski definition) is 0. The van der Waals surface area contributed by atoms with Gasteiger partial charge in [-0.05, 0) is 24.3 Å². The molecule has 0 atom stereocenters. The number of thiazole rings is 1. The van der Waals surface area contributed by atoms with Gasteiger partial charge in [0.2, 0.25) is 5.91 Å². The van der Waals surface area contributed by atoms with Crippen LogP contribution in [0.4, 0.5) is 5.82 Å². The van der Waals surface area contributed by atoms with Crippen LogP contribution in [0.1, 0.15) is 0 Å². The quantitative estimate of drug-likeness (QED) is 0.523. The minimum absolute atomic E-state index is 0.102. The molecule has 1 fully saturated rings. The number of carbonyl (C=O) groups is 1. The molecular weight excluding hydrogens is 384 g/mol. The first-order valence-corrected chi connectivity index (χ1v) is 10.5. The number of carbonyl (C=O) groups excluding carboxylic acids is 1. The SMILES string of the molecule is O=C(Cn1c(-c2cscn2)nc2ccccc21)N1CCN(c2ccccn2)CC1. The first-order valence-electron chi connectivity index (χ1n) is 9.57. The lowest BCUT2D eigenvalue weighted by atomic mass is 10.3. The first-order chi connectivity index (χ1) is 14.3. The van der Waals surface area contributed by atoms with Crippen molar-refractivity contribution in [3.05, 3.63) is 59.6 Å². The molecule has 8 heteroatoms. The fraction of sp³-hybridized carbons (Fsp3) is 0.238. The highest BCUT2D eigenvalue weighted by Crippen LogP contribution is 2.25. The fourth-order valence-corrected chi connectivity index (χ4v) is 4.25. The molecule has 1 amide bonds. The molecule has 0 N–H and O–H groups in total. The van der Waals surface area contributed by atoms with Crippen LogP contribution < -0.4 is 4.90 Å². The van der Waals surface area contributed by atoms with Gasteiger partial charge in [-0.15, -0.1) is 11.3 Å². The number of piperazine rings is 1. The summed E-state index contributed by atoms with van der Waals surface area (Å²) in [5.41, 5.74) is 4.43. The van der Waals surface area contributed by atoms with Crippen molar-refractivity contribution < 1.29 is 4.79 Å². The number of nitrogens with zero attached hydrogens (tertiary/aromatic N) is 6. The van der Waals surface area contributed by atoms with Crippen LogP contribution in [0.5, 0.6) is 0 Å². The molecule has 29 heavy (non-hydrogen) atoms. The van der Waals surface area contributed by atoms with Crippen molar-refractivity contribution in [1.82, 2.24) is 24.4 Å². The Hall–Kier alpha value is -3.26. The van der Waals surface area contributed by atoms with E-state index in [-0.39, 0.29) is 12.5 Å². The Kier molecular flexibility index (Phi) is 4.69. The molecule has 146 valence electrons. The third-order valence-electron chi connectivity index (χ3n) is 5.21. The Morgan fingerprint density at radius 2 is 1.83 bits per heavy atom. The molecule has 1 aliphatic rings. The highest BCUT2D eigenvalue weighted by atomic mass is 32.1. The summed E-state index contributed by atoms with van der Waals surface area (Å²) in [6.07, 6.45) is 1.80. The van der Waals surface area contributed by atoms with E-state index < -0.39 is 0 Å². The largest absolute Gasteiger partial charge is 0.353 e. The number of benzene rings is 1. The van der Waals surface area contributed by atoms with E-state index in [0.717, 1.165) is 41.5 Å². The lowest BCUT2D eigenvalue weighted by molar-refractivity contribution is -0.132. The number of aromatic nitrogens is 4. The lowest BCUT2D eigenvalue weighted by Crippen LogP contribution is -2.49. The zero-order valence-electron chi connectivity index (χ0n) is 15.8. The average Bonchev–Trinajstić information content (AvgIpc) is 3.43. The normalized spacial score (nSPS) is 14.5. The Bertz CT molecular complexity index is 1120. The third-order valence-corrected chi connectivity index (χ3v) is 5.80. The third kappa shape index (κ3) is 3.47. The van der Waals surface area contributed by atoms with Gasteiger partial charge in [-0.3, -0.25) is 4.79 Å². The molecule has 0 spiro atoms. The number of anilines is 1. The lowest BCUT2D eigenvalue weighted by Gasteiger charge is -2.35. The van der Waals surface area contributed by atoms with E-state index in [4.69, 9.17) is 4.98 Å². The minimum Gasteiger partial charge on any atom is -0.353 e. The number of fused-ring (bicyclic) bond motifs is 1. The van der Waals surface area contributed by atoms with Gasteiger partial charge in [0.15, 0.2) is 5.82 Å². The summed E-state index contributed by atoms with van der Waals surface area (Å²) in [5, 5.41) is 1.97. The zero-order valence-corrected chi connectivity index (χ0v) is 16.6. The van der Waals surface area contributed by atoms with Gasteiger partial charge in [0.1, 0.15) is 18.1 Å².